The number of carbonyl (C=O) groups is 2. The smallest absolute Gasteiger partial charge is 0.381 e. The molecule has 0 aliphatic carbocycles. The Morgan fingerprint density at radius 2 is 1.03 bits per heavy atom. The predicted octanol–water partition coefficient (Wildman–Crippen LogP) is 8.51. The van der Waals surface area contributed by atoms with E-state index >= 15 is 0 Å². The maximum atomic E-state index is 13.3. The van der Waals surface area contributed by atoms with Gasteiger partial charge in [0.1, 0.15) is 0 Å². The molecule has 4 nitrogen and oxygen atoms in total. The van der Waals surface area contributed by atoms with E-state index in [1.165, 1.54) is 51.4 Å². The second-order valence-corrected chi connectivity index (χ2v) is 9.18. The molecule has 0 unspecified atom stereocenters. The van der Waals surface area contributed by atoms with Crippen LogP contribution in [-0.4, -0.2) is 49.3 Å². The Bertz CT molecular complexity index is 630. The summed E-state index contributed by atoms with van der Waals surface area (Å²) in [5.74, 6) is -20.4. The summed E-state index contributed by atoms with van der Waals surface area (Å²) in [6, 6.07) is 0. The van der Waals surface area contributed by atoms with Gasteiger partial charge < -0.3 is 9.47 Å². The van der Waals surface area contributed by atoms with Crippen molar-refractivity contribution in [3.05, 3.63) is 0 Å². The van der Waals surface area contributed by atoms with Gasteiger partial charge in [-0.15, -0.1) is 0 Å². The normalized spacial score (nSPS) is 12.7. The maximum absolute atomic E-state index is 13.3. The van der Waals surface area contributed by atoms with Crippen molar-refractivity contribution in [3.8, 4) is 0 Å². The van der Waals surface area contributed by atoms with E-state index in [4.69, 9.17) is 4.74 Å². The number of esters is 2. The molecule has 0 aromatic rings. The van der Waals surface area contributed by atoms with Crippen LogP contribution in [0.5, 0.6) is 0 Å². The van der Waals surface area contributed by atoms with E-state index < -0.39 is 49.2 Å². The fourth-order valence-corrected chi connectivity index (χ4v) is 3.45. The van der Waals surface area contributed by atoms with Gasteiger partial charge >= 0.3 is 36.1 Å². The predicted molar refractivity (Wildman–Crippen MR) is 122 cm³/mol. The number of hydrogen-bond donors (Lipinski definition) is 0. The molecule has 0 aromatic carbocycles. The van der Waals surface area contributed by atoms with Crippen LogP contribution in [0.3, 0.4) is 0 Å². The van der Waals surface area contributed by atoms with Gasteiger partial charge in [-0.05, 0) is 19.3 Å². The molecule has 0 N–H and O–H groups in total. The van der Waals surface area contributed by atoms with E-state index in [0.29, 0.717) is 0 Å². The Kier molecular flexibility index (Phi) is 17.8. The Morgan fingerprint density at radius 1 is 0.622 bits per heavy atom. The van der Waals surface area contributed by atoms with Gasteiger partial charge in [0.15, 0.2) is 6.61 Å². The minimum atomic E-state index is -6.42. The third-order valence-electron chi connectivity index (χ3n) is 5.84. The number of ether oxygens (including phenoxy) is 2. The molecule has 0 aliphatic heterocycles. The van der Waals surface area contributed by atoms with Crippen molar-refractivity contribution >= 4 is 11.9 Å². The van der Waals surface area contributed by atoms with E-state index in [-0.39, 0.29) is 25.9 Å². The molecule has 0 heterocycles. The average molecular weight is 557 g/mol. The summed E-state index contributed by atoms with van der Waals surface area (Å²) in [7, 11) is 0. The summed E-state index contributed by atoms with van der Waals surface area (Å²) in [5.41, 5.74) is 0. The van der Waals surface area contributed by atoms with Crippen molar-refractivity contribution in [3.63, 3.8) is 0 Å². The highest BCUT2D eigenvalue weighted by atomic mass is 19.4. The molecule has 0 bridgehead atoms. The van der Waals surface area contributed by atoms with Crippen LogP contribution in [-0.2, 0) is 19.1 Å². The molecule has 0 radical (unpaired) electrons. The van der Waals surface area contributed by atoms with Crippen molar-refractivity contribution in [2.24, 2.45) is 0 Å². The molecule has 0 aromatic heterocycles. The van der Waals surface area contributed by atoms with Gasteiger partial charge in [-0.1, -0.05) is 77.6 Å². The Balaban J connectivity index is 3.81. The van der Waals surface area contributed by atoms with Crippen molar-refractivity contribution in [2.75, 3.05) is 13.2 Å². The molecule has 37 heavy (non-hydrogen) atoms. The lowest BCUT2D eigenvalue weighted by Gasteiger charge is -2.31. The zero-order chi connectivity index (χ0) is 28.4. The summed E-state index contributed by atoms with van der Waals surface area (Å²) in [6.07, 6.45) is 8.40. The van der Waals surface area contributed by atoms with Gasteiger partial charge in [0.2, 0.25) is 0 Å². The van der Waals surface area contributed by atoms with Crippen molar-refractivity contribution < 1.29 is 54.2 Å². The largest absolute Gasteiger partial charge is 0.466 e. The molecule has 0 aliphatic rings. The molecule has 0 saturated heterocycles. The van der Waals surface area contributed by atoms with Crippen LogP contribution in [0.15, 0.2) is 0 Å². The van der Waals surface area contributed by atoms with Gasteiger partial charge in [0.25, 0.3) is 0 Å². The summed E-state index contributed by atoms with van der Waals surface area (Å²) >= 11 is 0. The van der Waals surface area contributed by atoms with E-state index in [9.17, 15) is 44.7 Å². The third-order valence-corrected chi connectivity index (χ3v) is 5.84. The maximum Gasteiger partial charge on any atom is 0.381 e. The number of hydrogen-bond acceptors (Lipinski definition) is 4. The molecule has 12 heteroatoms. The minimum absolute atomic E-state index is 0.0400. The lowest BCUT2D eigenvalue weighted by Crippen LogP contribution is -2.59. The first-order chi connectivity index (χ1) is 17.3. The first-order valence-electron chi connectivity index (χ1n) is 13.0. The summed E-state index contributed by atoms with van der Waals surface area (Å²) in [5, 5.41) is 0. The SMILES string of the molecule is CCCCCCCCCCCCCCOC(=O)CCCCC(=O)OCC(F)(F)C(F)(F)C(F)(F)C(F)F. The number of unbranched alkanes of at least 4 members (excludes halogenated alkanes) is 12. The van der Waals surface area contributed by atoms with Crippen LogP contribution < -0.4 is 0 Å². The van der Waals surface area contributed by atoms with Gasteiger partial charge in [-0.3, -0.25) is 9.59 Å². The minimum Gasteiger partial charge on any atom is -0.466 e. The average Bonchev–Trinajstić information content (AvgIpc) is 2.83. The van der Waals surface area contributed by atoms with Crippen LogP contribution in [0.4, 0.5) is 35.1 Å². The highest BCUT2D eigenvalue weighted by molar-refractivity contribution is 5.70. The van der Waals surface area contributed by atoms with Crippen LogP contribution >= 0.6 is 0 Å². The molecular weight excluding hydrogens is 516 g/mol. The summed E-state index contributed by atoms with van der Waals surface area (Å²) < 4.78 is 111. The topological polar surface area (TPSA) is 52.6 Å². The van der Waals surface area contributed by atoms with E-state index in [1.807, 2.05) is 0 Å². The molecule has 0 rings (SSSR count). The third kappa shape index (κ3) is 14.2. The van der Waals surface area contributed by atoms with Crippen LogP contribution in [0.25, 0.3) is 0 Å². The zero-order valence-electron chi connectivity index (χ0n) is 21.5. The van der Waals surface area contributed by atoms with Crippen LogP contribution in [0.2, 0.25) is 0 Å². The quantitative estimate of drug-likeness (QED) is 0.0719. The van der Waals surface area contributed by atoms with Crippen LogP contribution in [0, 0.1) is 0 Å². The first kappa shape index (κ1) is 35.4. The molecule has 0 spiro atoms. The standard InChI is InChI=1S/C25H40F8O4/c1-2-3-4-5-6-7-8-9-10-11-12-15-18-36-20(34)16-13-14-17-21(35)37-19-23(28,29)25(32,33)24(30,31)22(26)27/h22H,2-19H2,1H3. The number of halogens is 8. The van der Waals surface area contributed by atoms with E-state index in [2.05, 4.69) is 11.7 Å². The Labute approximate surface area is 213 Å². The zero-order valence-corrected chi connectivity index (χ0v) is 21.5. The van der Waals surface area contributed by atoms with Gasteiger partial charge in [0.05, 0.1) is 6.61 Å². The second-order valence-electron chi connectivity index (χ2n) is 9.18. The van der Waals surface area contributed by atoms with E-state index in [0.717, 1.165) is 25.7 Å². The second kappa shape index (κ2) is 18.6. The van der Waals surface area contributed by atoms with Crippen molar-refractivity contribution in [1.82, 2.24) is 0 Å². The highest BCUT2D eigenvalue weighted by Gasteiger charge is 2.75. The lowest BCUT2D eigenvalue weighted by molar-refractivity contribution is -0.344. The summed E-state index contributed by atoms with van der Waals surface area (Å²) in [4.78, 5) is 23.1. The number of carbonyl (C=O) groups excluding carboxylic acids is 2. The molecular formula is C25H40F8O4. The molecule has 0 fully saturated rings. The van der Waals surface area contributed by atoms with Gasteiger partial charge in [0, 0.05) is 12.8 Å². The Hall–Kier alpha value is -1.62. The van der Waals surface area contributed by atoms with E-state index in [1.54, 1.807) is 0 Å². The summed E-state index contributed by atoms with van der Waals surface area (Å²) in [6.45, 7) is -0.0338. The van der Waals surface area contributed by atoms with Crippen LogP contribution in [0.1, 0.15) is 110 Å². The Morgan fingerprint density at radius 3 is 1.46 bits per heavy atom. The number of alkyl halides is 8. The fourth-order valence-electron chi connectivity index (χ4n) is 3.45. The fraction of sp³-hybridized carbons (Fsp3) is 0.920. The van der Waals surface area contributed by atoms with Crippen molar-refractivity contribution in [1.29, 1.82) is 0 Å². The highest BCUT2D eigenvalue weighted by Crippen LogP contribution is 2.48. The molecule has 0 atom stereocenters. The molecule has 220 valence electrons. The first-order valence-corrected chi connectivity index (χ1v) is 13.0. The molecule has 0 saturated carbocycles. The number of rotatable bonds is 23. The van der Waals surface area contributed by atoms with Crippen molar-refractivity contribution in [2.45, 2.75) is 134 Å². The molecule has 0 amide bonds. The monoisotopic (exact) mass is 556 g/mol. The lowest BCUT2D eigenvalue weighted by atomic mass is 10.1. The van der Waals surface area contributed by atoms with Gasteiger partial charge in [-0.2, -0.15) is 26.3 Å². The van der Waals surface area contributed by atoms with Gasteiger partial charge in [-0.25, -0.2) is 8.78 Å².